The summed E-state index contributed by atoms with van der Waals surface area (Å²) in [7, 11) is -4.38. The highest BCUT2D eigenvalue weighted by Crippen LogP contribution is 2.54. The summed E-state index contributed by atoms with van der Waals surface area (Å²) in [5, 5.41) is 17.9. The van der Waals surface area contributed by atoms with Crippen LogP contribution in [0.4, 0.5) is 13.2 Å². The maximum Gasteiger partial charge on any atom is 0.417 e. The van der Waals surface area contributed by atoms with Crippen LogP contribution in [0.25, 0.3) is 0 Å². The fourth-order valence-electron chi connectivity index (χ4n) is 0.892. The van der Waals surface area contributed by atoms with E-state index in [2.05, 4.69) is 9.05 Å². The average Bonchev–Trinajstić information content (AvgIpc) is 2.14. The first-order valence-corrected chi connectivity index (χ1v) is 6.11. The van der Waals surface area contributed by atoms with Crippen LogP contribution in [0, 0.1) is 0 Å². The van der Waals surface area contributed by atoms with Gasteiger partial charge in [-0.25, -0.2) is 0 Å². The molecule has 0 amide bonds. The van der Waals surface area contributed by atoms with Gasteiger partial charge in [0.2, 0.25) is 0 Å². The van der Waals surface area contributed by atoms with E-state index >= 15 is 0 Å². The van der Waals surface area contributed by atoms with E-state index in [1.54, 1.807) is 0 Å². The topological polar surface area (TPSA) is 76.0 Å². The molecule has 2 atom stereocenters. The lowest BCUT2D eigenvalue weighted by Crippen LogP contribution is -2.40. The third kappa shape index (κ3) is 4.03. The molecule has 0 aromatic rings. The number of alkyl halides is 3. The van der Waals surface area contributed by atoms with E-state index in [4.69, 9.17) is 10.2 Å². The zero-order valence-electron chi connectivity index (χ0n) is 8.77. The number of hydrogen-bond donors (Lipinski definition) is 2. The monoisotopic (exact) mass is 266 g/mol. The highest BCUT2D eigenvalue weighted by atomic mass is 31.2. The molecule has 0 aromatic heterocycles. The molecule has 0 aliphatic rings. The van der Waals surface area contributed by atoms with Crippen LogP contribution in [-0.2, 0) is 13.6 Å². The van der Waals surface area contributed by atoms with Crippen LogP contribution in [0.15, 0.2) is 0 Å². The van der Waals surface area contributed by atoms with Gasteiger partial charge in [-0.3, -0.25) is 4.57 Å². The summed E-state index contributed by atoms with van der Waals surface area (Å²) in [5.41, 5.74) is 0. The van der Waals surface area contributed by atoms with E-state index in [-0.39, 0.29) is 13.2 Å². The van der Waals surface area contributed by atoms with Gasteiger partial charge in [0.05, 0.1) is 13.2 Å². The Hall–Kier alpha value is -0.140. The fraction of sp³-hybridized carbons (Fsp3) is 1.00. The first kappa shape index (κ1) is 15.9. The first-order valence-electron chi connectivity index (χ1n) is 4.50. The highest BCUT2D eigenvalue weighted by molar-refractivity contribution is 7.54. The summed E-state index contributed by atoms with van der Waals surface area (Å²) < 4.78 is 56.8. The molecule has 5 nitrogen and oxygen atoms in total. The van der Waals surface area contributed by atoms with Gasteiger partial charge in [-0.1, -0.05) is 0 Å². The molecule has 0 rings (SSSR count). The second kappa shape index (κ2) is 5.97. The number of hydrogen-bond acceptors (Lipinski definition) is 5. The third-order valence-electron chi connectivity index (χ3n) is 1.56. The van der Waals surface area contributed by atoms with Crippen LogP contribution in [0.3, 0.4) is 0 Å². The van der Waals surface area contributed by atoms with Gasteiger partial charge in [-0.05, 0) is 13.8 Å². The van der Waals surface area contributed by atoms with Crippen molar-refractivity contribution in [2.24, 2.45) is 0 Å². The molecule has 16 heavy (non-hydrogen) atoms. The summed E-state index contributed by atoms with van der Waals surface area (Å²) in [4.78, 5) is 0. The lowest BCUT2D eigenvalue weighted by atomic mass is 10.4. The second-order valence-electron chi connectivity index (χ2n) is 2.78. The van der Waals surface area contributed by atoms with E-state index in [0.717, 1.165) is 0 Å². The van der Waals surface area contributed by atoms with Gasteiger partial charge < -0.3 is 19.3 Å². The van der Waals surface area contributed by atoms with Crippen molar-refractivity contribution in [1.82, 2.24) is 0 Å². The number of rotatable bonds is 6. The molecule has 0 saturated carbocycles. The van der Waals surface area contributed by atoms with E-state index in [1.165, 1.54) is 13.8 Å². The number of aliphatic hydroxyl groups is 2. The van der Waals surface area contributed by atoms with Crippen molar-refractivity contribution in [3.8, 4) is 0 Å². The minimum atomic E-state index is -5.09. The van der Waals surface area contributed by atoms with Gasteiger partial charge in [0, 0.05) is 0 Å². The molecular formula is C7H14F3O5P. The summed E-state index contributed by atoms with van der Waals surface area (Å²) in [6.07, 6.45) is -8.26. The molecule has 0 aliphatic heterocycles. The largest absolute Gasteiger partial charge is 0.417 e. The molecule has 2 N–H and O–H groups in total. The Balaban J connectivity index is 4.87. The smallest absolute Gasteiger partial charge is 0.381 e. The lowest BCUT2D eigenvalue weighted by molar-refractivity contribution is -0.221. The van der Waals surface area contributed by atoms with Crippen molar-refractivity contribution in [3.63, 3.8) is 0 Å². The molecule has 0 aromatic carbocycles. The van der Waals surface area contributed by atoms with Crippen LogP contribution in [0.5, 0.6) is 0 Å². The Morgan fingerprint density at radius 1 is 1.19 bits per heavy atom. The minimum absolute atomic E-state index is 0.209. The second-order valence-corrected chi connectivity index (χ2v) is 4.90. The van der Waals surface area contributed by atoms with Crippen LogP contribution < -0.4 is 0 Å². The molecule has 0 heterocycles. The van der Waals surface area contributed by atoms with E-state index in [0.29, 0.717) is 0 Å². The van der Waals surface area contributed by atoms with Crippen molar-refractivity contribution < 1.29 is 37.0 Å². The zero-order valence-corrected chi connectivity index (χ0v) is 9.66. The van der Waals surface area contributed by atoms with Crippen molar-refractivity contribution >= 4 is 7.60 Å². The van der Waals surface area contributed by atoms with Crippen LogP contribution in [0.1, 0.15) is 13.8 Å². The summed E-state index contributed by atoms with van der Waals surface area (Å²) >= 11 is 0. The molecule has 0 fully saturated rings. The molecule has 0 unspecified atom stereocenters. The van der Waals surface area contributed by atoms with Gasteiger partial charge >= 0.3 is 13.8 Å². The normalized spacial score (nSPS) is 17.2. The van der Waals surface area contributed by atoms with Gasteiger partial charge in [-0.2, -0.15) is 13.2 Å². The molecule has 9 heteroatoms. The lowest BCUT2D eigenvalue weighted by Gasteiger charge is -2.26. The van der Waals surface area contributed by atoms with Gasteiger partial charge in [0.1, 0.15) is 0 Å². The van der Waals surface area contributed by atoms with Gasteiger partial charge in [0.15, 0.2) is 11.9 Å². The Kier molecular flexibility index (Phi) is 5.92. The highest BCUT2D eigenvalue weighted by Gasteiger charge is 2.51. The van der Waals surface area contributed by atoms with Crippen molar-refractivity contribution in [2.75, 3.05) is 13.2 Å². The molecular weight excluding hydrogens is 252 g/mol. The van der Waals surface area contributed by atoms with Crippen molar-refractivity contribution in [3.05, 3.63) is 0 Å². The van der Waals surface area contributed by atoms with E-state index < -0.39 is 25.7 Å². The molecule has 0 saturated heterocycles. The Morgan fingerprint density at radius 2 is 1.56 bits per heavy atom. The Morgan fingerprint density at radius 3 is 1.81 bits per heavy atom. The predicted molar refractivity (Wildman–Crippen MR) is 48.9 cm³/mol. The number of halogens is 3. The van der Waals surface area contributed by atoms with E-state index in [9.17, 15) is 17.7 Å². The number of aliphatic hydroxyl groups excluding tert-OH is 2. The maximum absolute atomic E-state index is 12.1. The maximum atomic E-state index is 12.1. The summed E-state index contributed by atoms with van der Waals surface area (Å²) in [6, 6.07) is 0. The molecule has 98 valence electrons. The first-order chi connectivity index (χ1) is 7.19. The van der Waals surface area contributed by atoms with E-state index in [1.807, 2.05) is 0 Å². The quantitative estimate of drug-likeness (QED) is 0.712. The summed E-state index contributed by atoms with van der Waals surface area (Å²) in [5.74, 6) is -2.65. The fourth-order valence-corrected chi connectivity index (χ4v) is 2.51. The standard InChI is InChI=1S/C7H14F3O5P/c1-3-14-16(13,15-4-2)6(12)5(11)7(8,9)10/h5-6,11-12H,3-4H2,1-2H3/t5-,6-/m1/s1. The molecule has 0 spiro atoms. The zero-order chi connectivity index (χ0) is 13.0. The third-order valence-corrected chi connectivity index (χ3v) is 3.73. The summed E-state index contributed by atoms with van der Waals surface area (Å²) in [6.45, 7) is 2.33. The SMILES string of the molecule is CCOP(=O)(OCC)[C@@H](O)[C@@H](O)C(F)(F)F. The van der Waals surface area contributed by atoms with Crippen LogP contribution >= 0.6 is 7.60 Å². The molecule has 0 aliphatic carbocycles. The molecule has 0 radical (unpaired) electrons. The van der Waals surface area contributed by atoms with Gasteiger partial charge in [0.25, 0.3) is 0 Å². The Labute approximate surface area is 90.7 Å². The predicted octanol–water partition coefficient (Wildman–Crippen LogP) is 1.49. The van der Waals surface area contributed by atoms with Crippen molar-refractivity contribution in [1.29, 1.82) is 0 Å². The van der Waals surface area contributed by atoms with Gasteiger partial charge in [-0.15, -0.1) is 0 Å². The van der Waals surface area contributed by atoms with Crippen molar-refractivity contribution in [2.45, 2.75) is 32.0 Å². The average molecular weight is 266 g/mol. The van der Waals surface area contributed by atoms with Crippen LogP contribution in [-0.4, -0.2) is 41.6 Å². The Bertz CT molecular complexity index is 247. The minimum Gasteiger partial charge on any atom is -0.381 e. The van der Waals surface area contributed by atoms with Crippen LogP contribution in [0.2, 0.25) is 0 Å². The molecule has 0 bridgehead atoms.